The third kappa shape index (κ3) is 4.20. The molecule has 0 saturated carbocycles. The van der Waals surface area contributed by atoms with E-state index in [1.165, 1.54) is 0 Å². The molecule has 0 saturated heterocycles. The summed E-state index contributed by atoms with van der Waals surface area (Å²) in [7, 11) is 0. The van der Waals surface area contributed by atoms with Gasteiger partial charge in [-0.25, -0.2) is 4.98 Å². The van der Waals surface area contributed by atoms with Crippen molar-refractivity contribution in [1.82, 2.24) is 9.97 Å². The Hall–Kier alpha value is -1.85. The van der Waals surface area contributed by atoms with Crippen molar-refractivity contribution in [2.45, 2.75) is 39.8 Å². The van der Waals surface area contributed by atoms with Crippen LogP contribution in [0.3, 0.4) is 0 Å². The van der Waals surface area contributed by atoms with E-state index in [0.29, 0.717) is 11.8 Å². The van der Waals surface area contributed by atoms with Crippen LogP contribution in [-0.4, -0.2) is 33.2 Å². The number of hydrogen-bond acceptors (Lipinski definition) is 5. The normalized spacial score (nSPS) is 14.1. The summed E-state index contributed by atoms with van der Waals surface area (Å²) in [5, 5.41) is 11.9. The molecule has 0 aliphatic carbocycles. The zero-order valence-electron chi connectivity index (χ0n) is 11.0. The third-order valence-corrected chi connectivity index (χ3v) is 2.48. The largest absolute Gasteiger partial charge is 0.481 e. The lowest BCUT2D eigenvalue weighted by molar-refractivity contribution is -0.141. The molecule has 1 aromatic heterocycles. The molecule has 0 aromatic carbocycles. The van der Waals surface area contributed by atoms with Crippen LogP contribution in [0.4, 0.5) is 5.95 Å². The second-order valence-corrected chi connectivity index (χ2v) is 4.45. The van der Waals surface area contributed by atoms with Crippen LogP contribution < -0.4 is 10.1 Å². The van der Waals surface area contributed by atoms with Gasteiger partial charge in [0.2, 0.25) is 11.8 Å². The average molecular weight is 253 g/mol. The zero-order chi connectivity index (χ0) is 13.7. The van der Waals surface area contributed by atoms with E-state index in [9.17, 15) is 4.79 Å². The number of rotatable bonds is 6. The number of nitrogens with zero attached hydrogens (tertiary/aromatic N) is 2. The molecule has 2 atom stereocenters. The highest BCUT2D eigenvalue weighted by molar-refractivity contribution is 5.70. The van der Waals surface area contributed by atoms with Crippen LogP contribution in [-0.2, 0) is 4.79 Å². The molecule has 1 aromatic rings. The number of anilines is 1. The van der Waals surface area contributed by atoms with Gasteiger partial charge in [0.15, 0.2) is 0 Å². The monoisotopic (exact) mass is 253 g/mol. The first-order valence-corrected chi connectivity index (χ1v) is 5.89. The van der Waals surface area contributed by atoms with Gasteiger partial charge in [-0.3, -0.25) is 4.79 Å². The smallest absolute Gasteiger partial charge is 0.308 e. The van der Waals surface area contributed by atoms with E-state index in [0.717, 1.165) is 0 Å². The van der Waals surface area contributed by atoms with Gasteiger partial charge in [0, 0.05) is 18.3 Å². The van der Waals surface area contributed by atoms with Crippen LogP contribution in [0.15, 0.2) is 12.3 Å². The van der Waals surface area contributed by atoms with Crippen molar-refractivity contribution in [1.29, 1.82) is 0 Å². The number of aliphatic carboxylic acids is 1. The molecule has 18 heavy (non-hydrogen) atoms. The Labute approximate surface area is 106 Å². The van der Waals surface area contributed by atoms with Crippen molar-refractivity contribution >= 4 is 11.9 Å². The van der Waals surface area contributed by atoms with Gasteiger partial charge in [0.05, 0.1) is 12.0 Å². The molecule has 0 bridgehead atoms. The molecule has 0 aliphatic heterocycles. The SMILES string of the molecule is CC(C)Oc1ccnc(NC(C)C(C)C(=O)O)n1. The molecule has 0 aliphatic rings. The van der Waals surface area contributed by atoms with Crippen molar-refractivity contribution in [3.05, 3.63) is 12.3 Å². The van der Waals surface area contributed by atoms with E-state index in [1.54, 1.807) is 26.1 Å². The van der Waals surface area contributed by atoms with Gasteiger partial charge in [0.1, 0.15) is 0 Å². The molecule has 2 unspecified atom stereocenters. The standard InChI is InChI=1S/C12H19N3O3/c1-7(2)18-10-5-6-13-12(15-10)14-9(4)8(3)11(16)17/h5-9H,1-4H3,(H,16,17)(H,13,14,15). The zero-order valence-corrected chi connectivity index (χ0v) is 11.0. The summed E-state index contributed by atoms with van der Waals surface area (Å²) in [6.07, 6.45) is 1.61. The highest BCUT2D eigenvalue weighted by atomic mass is 16.5. The number of nitrogens with one attached hydrogen (secondary N) is 1. The molecule has 100 valence electrons. The Balaban J connectivity index is 2.70. The van der Waals surface area contributed by atoms with Crippen LogP contribution in [0.25, 0.3) is 0 Å². The summed E-state index contributed by atoms with van der Waals surface area (Å²) >= 11 is 0. The van der Waals surface area contributed by atoms with E-state index < -0.39 is 11.9 Å². The first kappa shape index (κ1) is 14.2. The van der Waals surface area contributed by atoms with Crippen molar-refractivity contribution < 1.29 is 14.6 Å². The fourth-order valence-corrected chi connectivity index (χ4v) is 1.26. The van der Waals surface area contributed by atoms with E-state index in [2.05, 4.69) is 15.3 Å². The number of aromatic nitrogens is 2. The van der Waals surface area contributed by atoms with Crippen LogP contribution in [0.5, 0.6) is 5.88 Å². The van der Waals surface area contributed by atoms with Crippen LogP contribution in [0.2, 0.25) is 0 Å². The first-order valence-electron chi connectivity index (χ1n) is 5.89. The number of carbonyl (C=O) groups is 1. The number of carboxylic acids is 1. The fourth-order valence-electron chi connectivity index (χ4n) is 1.26. The summed E-state index contributed by atoms with van der Waals surface area (Å²) in [6.45, 7) is 7.22. The minimum absolute atomic E-state index is 0.0307. The molecule has 0 spiro atoms. The van der Waals surface area contributed by atoms with E-state index >= 15 is 0 Å². The van der Waals surface area contributed by atoms with E-state index in [-0.39, 0.29) is 12.1 Å². The second-order valence-electron chi connectivity index (χ2n) is 4.45. The maximum Gasteiger partial charge on any atom is 0.308 e. The Bertz CT molecular complexity index is 409. The molecule has 6 nitrogen and oxygen atoms in total. The van der Waals surface area contributed by atoms with Gasteiger partial charge in [0.25, 0.3) is 0 Å². The van der Waals surface area contributed by atoms with Gasteiger partial charge in [-0.05, 0) is 27.7 Å². The molecule has 1 heterocycles. The second kappa shape index (κ2) is 6.18. The van der Waals surface area contributed by atoms with E-state index in [1.807, 2.05) is 13.8 Å². The molecule has 0 radical (unpaired) electrons. The Morgan fingerprint density at radius 3 is 2.61 bits per heavy atom. The summed E-state index contributed by atoms with van der Waals surface area (Å²) in [5.74, 6) is -0.542. The quantitative estimate of drug-likeness (QED) is 0.804. The molecular formula is C12H19N3O3. The Morgan fingerprint density at radius 2 is 2.06 bits per heavy atom. The maximum absolute atomic E-state index is 10.8. The first-order chi connectivity index (χ1) is 8.40. The van der Waals surface area contributed by atoms with Crippen LogP contribution in [0.1, 0.15) is 27.7 Å². The van der Waals surface area contributed by atoms with Crippen LogP contribution >= 0.6 is 0 Å². The lowest BCUT2D eigenvalue weighted by Crippen LogP contribution is -2.30. The summed E-state index contributed by atoms with van der Waals surface area (Å²) < 4.78 is 5.44. The van der Waals surface area contributed by atoms with Crippen molar-refractivity contribution in [2.24, 2.45) is 5.92 Å². The molecule has 0 amide bonds. The fraction of sp³-hybridized carbons (Fsp3) is 0.583. The third-order valence-electron chi connectivity index (χ3n) is 2.48. The maximum atomic E-state index is 10.8. The summed E-state index contributed by atoms with van der Waals surface area (Å²) in [4.78, 5) is 19.0. The number of carboxylic acid groups (broad SMARTS) is 1. The highest BCUT2D eigenvalue weighted by Gasteiger charge is 2.19. The number of hydrogen-bond donors (Lipinski definition) is 2. The van der Waals surface area contributed by atoms with Gasteiger partial charge < -0.3 is 15.2 Å². The minimum Gasteiger partial charge on any atom is -0.481 e. The molecule has 6 heteroatoms. The lowest BCUT2D eigenvalue weighted by Gasteiger charge is -2.18. The number of ether oxygens (including phenoxy) is 1. The lowest BCUT2D eigenvalue weighted by atomic mass is 10.0. The van der Waals surface area contributed by atoms with Gasteiger partial charge in [-0.1, -0.05) is 0 Å². The predicted molar refractivity (Wildman–Crippen MR) is 67.7 cm³/mol. The van der Waals surface area contributed by atoms with Gasteiger partial charge >= 0.3 is 5.97 Å². The molecular weight excluding hydrogens is 234 g/mol. The summed E-state index contributed by atoms with van der Waals surface area (Å²) in [6, 6.07) is 1.40. The molecule has 0 fully saturated rings. The van der Waals surface area contributed by atoms with E-state index in [4.69, 9.17) is 9.84 Å². The van der Waals surface area contributed by atoms with Crippen molar-refractivity contribution in [2.75, 3.05) is 5.32 Å². The van der Waals surface area contributed by atoms with Crippen molar-refractivity contribution in [3.8, 4) is 5.88 Å². The highest BCUT2D eigenvalue weighted by Crippen LogP contribution is 2.13. The molecule has 2 N–H and O–H groups in total. The predicted octanol–water partition coefficient (Wildman–Crippen LogP) is 1.78. The van der Waals surface area contributed by atoms with Gasteiger partial charge in [-0.2, -0.15) is 4.98 Å². The van der Waals surface area contributed by atoms with Crippen molar-refractivity contribution in [3.63, 3.8) is 0 Å². The minimum atomic E-state index is -0.857. The van der Waals surface area contributed by atoms with Crippen LogP contribution in [0, 0.1) is 5.92 Å². The van der Waals surface area contributed by atoms with Gasteiger partial charge in [-0.15, -0.1) is 0 Å². The Kier molecular flexibility index (Phi) is 4.88. The molecule has 1 rings (SSSR count). The average Bonchev–Trinajstić information content (AvgIpc) is 2.27. The summed E-state index contributed by atoms with van der Waals surface area (Å²) in [5.41, 5.74) is 0. The Morgan fingerprint density at radius 1 is 1.39 bits per heavy atom. The topological polar surface area (TPSA) is 84.3 Å².